The third kappa shape index (κ3) is 49.7. The Morgan fingerprint density at radius 3 is 1.16 bits per heavy atom. The molecule has 33 heteroatoms. The zero-order valence-corrected chi connectivity index (χ0v) is 66.6. The van der Waals surface area contributed by atoms with Gasteiger partial charge in [-0.25, -0.2) is 19.2 Å². The Kier molecular flexibility index (Phi) is 51.5. The zero-order chi connectivity index (χ0) is 79.6. The molecule has 2 atom stereocenters. The molecule has 1 heterocycles. The fourth-order valence-corrected chi connectivity index (χ4v) is 10.1. The molecule has 1 aromatic heterocycles. The van der Waals surface area contributed by atoms with Crippen LogP contribution in [0.25, 0.3) is 11.1 Å². The fraction of sp³-hybridized carbons (Fsp3) is 0.740. The molecule has 1 aliphatic carbocycles. The first kappa shape index (κ1) is 95.7. The molecule has 4 N–H and O–H groups in total. The van der Waals surface area contributed by atoms with Gasteiger partial charge in [0.15, 0.2) is 0 Å². The number of fused-ring (bicyclic) bond motifs is 3. The van der Waals surface area contributed by atoms with Crippen LogP contribution in [0.1, 0.15) is 124 Å². The van der Waals surface area contributed by atoms with Crippen molar-refractivity contribution in [1.82, 2.24) is 36.3 Å². The Labute approximate surface area is 649 Å². The number of nitrogens with one attached hydrogen (secondary N) is 4. The Morgan fingerprint density at radius 2 is 0.764 bits per heavy atom. The molecular formula is C77H127N7O26. The summed E-state index contributed by atoms with van der Waals surface area (Å²) in [6, 6.07) is 13.4. The number of hydrogen-bond donors (Lipinski definition) is 4. The minimum absolute atomic E-state index is 0.0180. The van der Waals surface area contributed by atoms with E-state index in [0.717, 1.165) is 0 Å². The third-order valence-corrected chi connectivity index (χ3v) is 15.1. The van der Waals surface area contributed by atoms with Gasteiger partial charge >= 0.3 is 30.0 Å². The average molecular weight is 1570 g/mol. The van der Waals surface area contributed by atoms with E-state index in [2.05, 4.69) is 55.8 Å². The number of carbonyl (C=O) groups is 6. The van der Waals surface area contributed by atoms with Gasteiger partial charge in [0.25, 0.3) is 0 Å². The first-order valence-electron chi connectivity index (χ1n) is 38.3. The van der Waals surface area contributed by atoms with Gasteiger partial charge in [0.05, 0.1) is 218 Å². The van der Waals surface area contributed by atoms with Crippen LogP contribution in [0.2, 0.25) is 0 Å². The number of rotatable bonds is 67. The fourth-order valence-electron chi connectivity index (χ4n) is 10.1. The van der Waals surface area contributed by atoms with Gasteiger partial charge in [-0.3, -0.25) is 14.3 Å². The van der Waals surface area contributed by atoms with Gasteiger partial charge in [0, 0.05) is 38.4 Å². The summed E-state index contributed by atoms with van der Waals surface area (Å²) < 4.78 is 113. The van der Waals surface area contributed by atoms with Crippen molar-refractivity contribution in [3.05, 3.63) is 71.5 Å². The highest BCUT2D eigenvalue weighted by atomic mass is 16.6. The number of carbonyl (C=O) groups excluding carboxylic acids is 6. The zero-order valence-electron chi connectivity index (χ0n) is 66.6. The van der Waals surface area contributed by atoms with Gasteiger partial charge in [-0.1, -0.05) is 53.7 Å². The maximum absolute atomic E-state index is 13.3. The van der Waals surface area contributed by atoms with Crippen molar-refractivity contribution in [3.8, 4) is 11.1 Å². The number of benzene rings is 2. The summed E-state index contributed by atoms with van der Waals surface area (Å²) in [6.45, 7) is 29.9. The molecule has 3 aromatic rings. The van der Waals surface area contributed by atoms with Crippen LogP contribution in [0.4, 0.5) is 9.59 Å². The summed E-state index contributed by atoms with van der Waals surface area (Å²) in [4.78, 5) is 76.5. The highest BCUT2D eigenvalue weighted by molar-refractivity contribution is 5.87. The van der Waals surface area contributed by atoms with Crippen molar-refractivity contribution < 1.29 is 124 Å². The Morgan fingerprint density at radius 1 is 0.409 bits per heavy atom. The molecule has 1 aliphatic rings. The topological polar surface area (TPSA) is 366 Å². The van der Waals surface area contributed by atoms with Crippen LogP contribution in [0.3, 0.4) is 0 Å². The molecule has 0 unspecified atom stereocenters. The molecule has 0 spiro atoms. The number of aromatic nitrogens is 3. The van der Waals surface area contributed by atoms with E-state index in [4.69, 9.17) is 94.7 Å². The first-order chi connectivity index (χ1) is 53.1. The molecule has 110 heavy (non-hydrogen) atoms. The molecule has 0 saturated carbocycles. The van der Waals surface area contributed by atoms with Crippen molar-refractivity contribution in [2.45, 2.75) is 149 Å². The summed E-state index contributed by atoms with van der Waals surface area (Å²) in [5.74, 6) is -2.00. The second kappa shape index (κ2) is 59.1. The van der Waals surface area contributed by atoms with E-state index in [9.17, 15) is 28.8 Å². The van der Waals surface area contributed by atoms with Crippen LogP contribution < -0.4 is 21.3 Å². The minimum atomic E-state index is -1.19. The van der Waals surface area contributed by atoms with Gasteiger partial charge in [0.2, 0.25) is 5.91 Å². The summed E-state index contributed by atoms with van der Waals surface area (Å²) >= 11 is 0. The standard InChI is InChI=1S/C77H127N7O26/c1-75(2,3)108-70(86)22-21-68(72(88)110-77(7,8)9)81-73(89)80-67(71(87)109-76(4,5)6)20-14-15-26-84-58-61(82-83-84)59-106-57-56-105-55-54-104-53-52-103-51-50-101-46-43-98-40-37-95-34-31-92-28-24-78-69(85)23-27-91-30-33-94-36-39-97-42-45-100-48-49-102-47-44-99-41-38-96-35-32-93-29-25-79-74(90)107-60-66-64-18-12-10-16-62(64)63-17-11-13-19-65(63)66/h10-13,16-19,58,66-68H,14-15,20-57,59-60H2,1-9H3,(H,78,85)(H,79,90)(H2,80,81,89)/t67-,68-/m0/s1. The van der Waals surface area contributed by atoms with E-state index in [1.165, 1.54) is 22.3 Å². The SMILES string of the molecule is CC(C)(C)OC(=O)CC[C@H](NC(=O)N[C@@H](CCCCn1cc(COCCOCCOCCOCCOCCOCCOCCOCCNC(=O)CCOCCOCCOCCOCCOCCOCCOCCOCCNC(=O)OCC2c3ccccc3-c3ccccc32)nn1)C(=O)OC(C)(C)C)C(=O)OC(C)(C)C. The van der Waals surface area contributed by atoms with Crippen molar-refractivity contribution >= 4 is 35.9 Å². The number of alkyl carbamates (subject to hydrolysis) is 1. The van der Waals surface area contributed by atoms with Crippen molar-refractivity contribution in [2.24, 2.45) is 0 Å². The number of hydrogen-bond acceptors (Lipinski definition) is 28. The molecule has 0 bridgehead atoms. The summed E-state index contributed by atoms with van der Waals surface area (Å²) in [5, 5.41) is 19.1. The van der Waals surface area contributed by atoms with Crippen molar-refractivity contribution in [2.75, 3.05) is 225 Å². The lowest BCUT2D eigenvalue weighted by Crippen LogP contribution is -2.53. The maximum atomic E-state index is 13.3. The molecule has 0 aliphatic heterocycles. The molecule has 0 fully saturated rings. The van der Waals surface area contributed by atoms with Gasteiger partial charge in [0.1, 0.15) is 41.2 Å². The molecule has 626 valence electrons. The number of amides is 4. The van der Waals surface area contributed by atoms with Gasteiger partial charge < -0.3 is 116 Å². The van der Waals surface area contributed by atoms with E-state index in [-0.39, 0.29) is 57.3 Å². The highest BCUT2D eigenvalue weighted by Crippen LogP contribution is 2.44. The Balaban J connectivity index is 0.792. The predicted molar refractivity (Wildman–Crippen MR) is 403 cm³/mol. The quantitative estimate of drug-likeness (QED) is 0.0282. The van der Waals surface area contributed by atoms with Crippen LogP contribution in [0, 0.1) is 0 Å². The monoisotopic (exact) mass is 1570 g/mol. The summed E-state index contributed by atoms with van der Waals surface area (Å²) in [5.41, 5.74) is 2.96. The van der Waals surface area contributed by atoms with Gasteiger partial charge in [-0.2, -0.15) is 0 Å². The third-order valence-electron chi connectivity index (χ3n) is 15.1. The molecule has 4 rings (SSSR count). The average Bonchev–Trinajstić information content (AvgIpc) is 1.62. The molecule has 4 amide bonds. The second-order valence-corrected chi connectivity index (χ2v) is 28.0. The Hall–Kier alpha value is -6.64. The van der Waals surface area contributed by atoms with E-state index < -0.39 is 58.9 Å². The molecule has 2 aromatic carbocycles. The highest BCUT2D eigenvalue weighted by Gasteiger charge is 2.33. The van der Waals surface area contributed by atoms with Crippen LogP contribution in [0.5, 0.6) is 0 Å². The van der Waals surface area contributed by atoms with Crippen LogP contribution in [0.15, 0.2) is 54.7 Å². The van der Waals surface area contributed by atoms with Gasteiger partial charge in [-0.15, -0.1) is 5.10 Å². The van der Waals surface area contributed by atoms with Crippen LogP contribution >= 0.6 is 0 Å². The van der Waals surface area contributed by atoms with Crippen molar-refractivity contribution in [3.63, 3.8) is 0 Å². The molecule has 33 nitrogen and oxygen atoms in total. The number of unbranched alkanes of at least 4 members (excludes halogenated alkanes) is 1. The molecule has 0 saturated heterocycles. The van der Waals surface area contributed by atoms with E-state index in [1.54, 1.807) is 73.2 Å². The van der Waals surface area contributed by atoms with E-state index in [0.29, 0.717) is 236 Å². The van der Waals surface area contributed by atoms with Crippen LogP contribution in [-0.4, -0.2) is 304 Å². The lowest BCUT2D eigenvalue weighted by Gasteiger charge is -2.27. The number of nitrogens with zero attached hydrogens (tertiary/aromatic N) is 3. The number of aryl methyl sites for hydroxylation is 1. The number of ether oxygens (including phenoxy) is 20. The molecule has 0 radical (unpaired) electrons. The lowest BCUT2D eigenvalue weighted by atomic mass is 9.98. The van der Waals surface area contributed by atoms with Crippen LogP contribution in [-0.2, 0) is 127 Å². The first-order valence-corrected chi connectivity index (χ1v) is 38.3. The smallest absolute Gasteiger partial charge is 0.407 e. The van der Waals surface area contributed by atoms with E-state index >= 15 is 0 Å². The second-order valence-electron chi connectivity index (χ2n) is 28.0. The largest absolute Gasteiger partial charge is 0.460 e. The predicted octanol–water partition coefficient (Wildman–Crippen LogP) is 6.10. The molecular weight excluding hydrogens is 1440 g/mol. The Bertz CT molecular complexity index is 2880. The summed E-state index contributed by atoms with van der Waals surface area (Å²) in [7, 11) is 0. The number of esters is 3. The minimum Gasteiger partial charge on any atom is -0.460 e. The van der Waals surface area contributed by atoms with Gasteiger partial charge in [-0.05, 0) is 110 Å². The number of urea groups is 1. The van der Waals surface area contributed by atoms with Crippen molar-refractivity contribution in [1.29, 1.82) is 0 Å². The normalized spacial score (nSPS) is 12.8. The maximum Gasteiger partial charge on any atom is 0.407 e. The lowest BCUT2D eigenvalue weighted by molar-refractivity contribution is -0.159. The van der Waals surface area contributed by atoms with E-state index in [1.807, 2.05) is 24.3 Å². The summed E-state index contributed by atoms with van der Waals surface area (Å²) in [6.07, 6.45) is 2.66.